The lowest BCUT2D eigenvalue weighted by molar-refractivity contribution is -0.199. The van der Waals surface area contributed by atoms with Crippen molar-refractivity contribution in [2.45, 2.75) is 123 Å². The second-order valence-electron chi connectivity index (χ2n) is 18.0. The summed E-state index contributed by atoms with van der Waals surface area (Å²) in [6, 6.07) is 13.9. The molecule has 3 saturated carbocycles. The van der Waals surface area contributed by atoms with Crippen molar-refractivity contribution in [1.82, 2.24) is 15.6 Å². The smallest absolute Gasteiger partial charge is 0.482 e. The van der Waals surface area contributed by atoms with Crippen LogP contribution in [0.1, 0.15) is 108 Å². The van der Waals surface area contributed by atoms with E-state index >= 15 is 4.39 Å². The van der Waals surface area contributed by atoms with Gasteiger partial charge in [-0.2, -0.15) is 0 Å². The Hall–Kier alpha value is -4.69. The maximum Gasteiger partial charge on any atom is 0.482 e. The monoisotopic (exact) mass is 787 g/mol. The average Bonchev–Trinajstić information content (AvgIpc) is 3.49. The molecule has 14 heteroatoms. The van der Waals surface area contributed by atoms with E-state index in [1.165, 1.54) is 13.3 Å². The molecule has 2 N–H and O–H groups in total. The highest BCUT2D eigenvalue weighted by Gasteiger charge is 2.68. The highest BCUT2D eigenvalue weighted by molar-refractivity contribution is 6.48. The van der Waals surface area contributed by atoms with Crippen LogP contribution < -0.4 is 20.1 Å². The molecule has 4 aliphatic rings. The van der Waals surface area contributed by atoms with E-state index in [0.29, 0.717) is 11.5 Å². The number of esters is 1. The highest BCUT2D eigenvalue weighted by Crippen LogP contribution is 2.65. The van der Waals surface area contributed by atoms with Crippen molar-refractivity contribution in [2.75, 3.05) is 7.11 Å². The van der Waals surface area contributed by atoms with E-state index in [9.17, 15) is 14.4 Å². The number of methoxy groups -OCH3 is 1. The van der Waals surface area contributed by atoms with Crippen LogP contribution in [0, 0.1) is 23.1 Å². The first-order chi connectivity index (χ1) is 26.7. The summed E-state index contributed by atoms with van der Waals surface area (Å²) in [6.07, 6.45) is 1.99. The molecule has 3 aromatic rings. The number of alkyl carbamates (subject to hydrolysis) is 1. The lowest BCUT2D eigenvalue weighted by atomic mass is 9.43. The molecule has 12 nitrogen and oxygen atoms in total. The SMILES string of the molecule is COc1c(CC(NC(=O)C(NC(=O)OC(C)(C)C)c2ncc(OCc3ccccc3)cc2F)B2O[C@@H]3C[C@@H]4C[C@@H](C4(C)C)[C@]3(C)O2)cccc1C(=O)OC(C)(C)C. The van der Waals surface area contributed by atoms with E-state index in [0.717, 1.165) is 24.5 Å². The summed E-state index contributed by atoms with van der Waals surface area (Å²) in [7, 11) is 0.499. The zero-order chi connectivity index (χ0) is 41.5. The third kappa shape index (κ3) is 9.22. The van der Waals surface area contributed by atoms with Crippen LogP contribution in [0.2, 0.25) is 0 Å². The van der Waals surface area contributed by atoms with Gasteiger partial charge in [-0.15, -0.1) is 0 Å². The zero-order valence-corrected chi connectivity index (χ0v) is 34.6. The third-order valence-corrected chi connectivity index (χ3v) is 11.3. The van der Waals surface area contributed by atoms with Crippen LogP contribution in [-0.4, -0.2) is 66.0 Å². The molecule has 3 aliphatic carbocycles. The molecule has 2 bridgehead atoms. The Morgan fingerprint density at radius 3 is 2.30 bits per heavy atom. The van der Waals surface area contributed by atoms with Crippen molar-refractivity contribution in [1.29, 1.82) is 0 Å². The van der Waals surface area contributed by atoms with Gasteiger partial charge in [0.2, 0.25) is 5.91 Å². The van der Waals surface area contributed by atoms with Crippen molar-refractivity contribution in [2.24, 2.45) is 17.3 Å². The average molecular weight is 788 g/mol. The van der Waals surface area contributed by atoms with E-state index in [4.69, 9.17) is 28.3 Å². The molecule has 1 aliphatic heterocycles. The molecule has 2 amide bonds. The van der Waals surface area contributed by atoms with Gasteiger partial charge in [0.1, 0.15) is 40.6 Å². The Bertz CT molecular complexity index is 1970. The number of para-hydroxylation sites is 1. The maximum atomic E-state index is 16.0. The van der Waals surface area contributed by atoms with Crippen LogP contribution in [0.4, 0.5) is 9.18 Å². The molecule has 1 aromatic heterocycles. The topological polar surface area (TPSA) is 144 Å². The summed E-state index contributed by atoms with van der Waals surface area (Å²) >= 11 is 0. The fourth-order valence-electron chi connectivity index (χ4n) is 8.42. The van der Waals surface area contributed by atoms with E-state index < -0.39 is 59.7 Å². The molecule has 2 heterocycles. The Labute approximate surface area is 335 Å². The lowest BCUT2D eigenvalue weighted by Gasteiger charge is -2.64. The van der Waals surface area contributed by atoms with E-state index in [1.807, 2.05) is 30.3 Å². The molecule has 6 atom stereocenters. The van der Waals surface area contributed by atoms with Crippen LogP contribution in [0.15, 0.2) is 60.8 Å². The van der Waals surface area contributed by atoms with Crippen molar-refractivity contribution < 1.29 is 47.0 Å². The van der Waals surface area contributed by atoms with Crippen molar-refractivity contribution >= 4 is 25.1 Å². The van der Waals surface area contributed by atoms with Gasteiger partial charge in [-0.05, 0) is 102 Å². The molecule has 2 unspecified atom stereocenters. The fourth-order valence-corrected chi connectivity index (χ4v) is 8.42. The number of rotatable bonds is 12. The molecule has 7 rings (SSSR count). The van der Waals surface area contributed by atoms with Gasteiger partial charge in [0.15, 0.2) is 11.9 Å². The fraction of sp³-hybridized carbons (Fsp3) is 0.535. The lowest BCUT2D eigenvalue weighted by Crippen LogP contribution is -2.65. The first-order valence-corrected chi connectivity index (χ1v) is 19.5. The molecule has 306 valence electrons. The van der Waals surface area contributed by atoms with Gasteiger partial charge in [-0.1, -0.05) is 56.3 Å². The molecule has 0 spiro atoms. The number of benzene rings is 2. The normalized spacial score (nSPS) is 23.3. The maximum absolute atomic E-state index is 16.0. The van der Waals surface area contributed by atoms with Gasteiger partial charge in [0.05, 0.1) is 31.0 Å². The summed E-state index contributed by atoms with van der Waals surface area (Å²) in [5, 5.41) is 5.54. The standard InChI is InChI=1S/C43H55BFN3O9/c1-40(2,3)54-38(50)29-18-14-17-26(36(29)52-10)19-33(44-56-32-21-27-20-31(42(27,7)8)43(32,9)57-44)47-37(49)35(48-39(51)55-41(4,5)6)34-30(45)22-28(23-46-34)53-24-25-15-12-11-13-16-25/h11-18,22-23,27,31-33,35H,19-21,24H2,1-10H3,(H,47,49)(H,48,51)/t27-,31-,32+,33?,35?,43-/m0/s1. The van der Waals surface area contributed by atoms with Crippen molar-refractivity contribution in [3.8, 4) is 11.5 Å². The quantitative estimate of drug-likeness (QED) is 0.142. The predicted molar refractivity (Wildman–Crippen MR) is 211 cm³/mol. The van der Waals surface area contributed by atoms with Gasteiger partial charge in [0, 0.05) is 6.07 Å². The number of carbonyl (C=O) groups excluding carboxylic acids is 3. The number of hydrogen-bond donors (Lipinski definition) is 2. The van der Waals surface area contributed by atoms with Crippen molar-refractivity contribution in [3.63, 3.8) is 0 Å². The van der Waals surface area contributed by atoms with Gasteiger partial charge in [-0.3, -0.25) is 9.78 Å². The van der Waals surface area contributed by atoms with Crippen LogP contribution in [-0.2, 0) is 36.6 Å². The molecule has 4 fully saturated rings. The molecule has 0 radical (unpaired) electrons. The minimum atomic E-state index is -1.65. The number of aromatic nitrogens is 1. The zero-order valence-electron chi connectivity index (χ0n) is 34.6. The Kier molecular flexibility index (Phi) is 11.7. The second kappa shape index (κ2) is 15.9. The summed E-state index contributed by atoms with van der Waals surface area (Å²) in [5.41, 5.74) is -0.981. The number of carbonyl (C=O) groups is 3. The summed E-state index contributed by atoms with van der Waals surface area (Å²) in [4.78, 5) is 45.4. The highest BCUT2D eigenvalue weighted by atomic mass is 19.1. The second-order valence-corrected chi connectivity index (χ2v) is 18.0. The minimum absolute atomic E-state index is 0.0514. The summed E-state index contributed by atoms with van der Waals surface area (Å²) in [5.74, 6) is -2.07. The number of ether oxygens (including phenoxy) is 4. The number of nitrogens with zero attached hydrogens (tertiary/aromatic N) is 1. The molecular weight excluding hydrogens is 732 g/mol. The van der Waals surface area contributed by atoms with Gasteiger partial charge < -0.3 is 38.9 Å². The summed E-state index contributed by atoms with van der Waals surface area (Å²) < 4.78 is 52.3. The third-order valence-electron chi connectivity index (χ3n) is 11.3. The van der Waals surface area contributed by atoms with Crippen LogP contribution in [0.3, 0.4) is 0 Å². The first-order valence-electron chi connectivity index (χ1n) is 19.5. The Morgan fingerprint density at radius 2 is 1.67 bits per heavy atom. The van der Waals surface area contributed by atoms with Crippen LogP contribution in [0.25, 0.3) is 0 Å². The van der Waals surface area contributed by atoms with Gasteiger partial charge >= 0.3 is 19.2 Å². The first kappa shape index (κ1) is 41.9. The molecular formula is C43H55BFN3O9. The Morgan fingerprint density at radius 1 is 0.965 bits per heavy atom. The van der Waals surface area contributed by atoms with Crippen LogP contribution in [0.5, 0.6) is 11.5 Å². The number of halogens is 1. The minimum Gasteiger partial charge on any atom is -0.496 e. The number of hydrogen-bond acceptors (Lipinski definition) is 10. The number of amides is 2. The molecule has 57 heavy (non-hydrogen) atoms. The number of pyridine rings is 1. The van der Waals surface area contributed by atoms with E-state index in [2.05, 4.69) is 36.4 Å². The largest absolute Gasteiger partial charge is 0.496 e. The molecule has 2 aromatic carbocycles. The summed E-state index contributed by atoms with van der Waals surface area (Å²) in [6.45, 7) is 17.1. The Balaban J connectivity index is 1.33. The van der Waals surface area contributed by atoms with Gasteiger partial charge in [0.25, 0.3) is 0 Å². The van der Waals surface area contributed by atoms with E-state index in [1.54, 1.807) is 59.7 Å². The van der Waals surface area contributed by atoms with Crippen LogP contribution >= 0.6 is 0 Å². The van der Waals surface area contributed by atoms with Crippen molar-refractivity contribution in [3.05, 3.63) is 89.0 Å². The number of nitrogens with one attached hydrogen (secondary N) is 2. The van der Waals surface area contributed by atoms with E-state index in [-0.39, 0.29) is 53.2 Å². The molecule has 1 saturated heterocycles. The predicted octanol–water partition coefficient (Wildman–Crippen LogP) is 7.32. The van der Waals surface area contributed by atoms with Gasteiger partial charge in [-0.25, -0.2) is 14.0 Å².